The van der Waals surface area contributed by atoms with E-state index in [1.807, 2.05) is 0 Å². The first-order valence-corrected chi connectivity index (χ1v) is 9.72. The van der Waals surface area contributed by atoms with E-state index >= 15 is 0 Å². The molecule has 9 heteroatoms. The zero-order chi connectivity index (χ0) is 21.7. The molecule has 1 aromatic carbocycles. The number of carbonyl (C=O) groups excluding carboxylic acids is 1. The van der Waals surface area contributed by atoms with E-state index < -0.39 is 11.5 Å². The summed E-state index contributed by atoms with van der Waals surface area (Å²) in [4.78, 5) is 28.0. The molecule has 0 aliphatic carbocycles. The molecule has 3 rings (SSSR count). The van der Waals surface area contributed by atoms with Gasteiger partial charge in [-0.1, -0.05) is 6.08 Å². The third kappa shape index (κ3) is 4.27. The summed E-state index contributed by atoms with van der Waals surface area (Å²) < 4.78 is 17.3. The number of hydrogen-bond acceptors (Lipinski definition) is 7. The van der Waals surface area contributed by atoms with Gasteiger partial charge >= 0.3 is 0 Å². The number of amides is 1. The summed E-state index contributed by atoms with van der Waals surface area (Å²) in [7, 11) is 2.95. The molecule has 1 saturated heterocycles. The highest BCUT2D eigenvalue weighted by atomic mass is 16.5. The van der Waals surface area contributed by atoms with Crippen molar-refractivity contribution >= 4 is 16.8 Å². The number of aromatic nitrogens is 1. The van der Waals surface area contributed by atoms with Gasteiger partial charge in [0.2, 0.25) is 0 Å². The fourth-order valence-corrected chi connectivity index (χ4v) is 3.52. The molecular formula is C21H27N3O6. The van der Waals surface area contributed by atoms with Gasteiger partial charge in [-0.15, -0.1) is 6.58 Å². The van der Waals surface area contributed by atoms with E-state index in [2.05, 4.69) is 16.8 Å². The average molecular weight is 417 g/mol. The molecule has 1 amide bonds. The number of allylic oxidation sites excluding steroid dienone is 1. The number of rotatable bonds is 8. The van der Waals surface area contributed by atoms with Gasteiger partial charge in [0.1, 0.15) is 11.3 Å². The van der Waals surface area contributed by atoms with E-state index in [0.29, 0.717) is 48.7 Å². The number of aromatic hydroxyl groups is 1. The van der Waals surface area contributed by atoms with E-state index in [4.69, 9.17) is 14.2 Å². The second kappa shape index (κ2) is 9.64. The van der Waals surface area contributed by atoms with Crippen LogP contribution in [-0.2, 0) is 11.3 Å². The summed E-state index contributed by atoms with van der Waals surface area (Å²) in [6, 6.07) is 3.14. The zero-order valence-electron chi connectivity index (χ0n) is 17.3. The van der Waals surface area contributed by atoms with E-state index in [1.165, 1.54) is 18.8 Å². The first-order valence-electron chi connectivity index (χ1n) is 9.72. The Kier molecular flexibility index (Phi) is 6.96. The summed E-state index contributed by atoms with van der Waals surface area (Å²) >= 11 is 0. The van der Waals surface area contributed by atoms with Gasteiger partial charge in [-0.25, -0.2) is 0 Å². The lowest BCUT2D eigenvalue weighted by molar-refractivity contribution is 0.0383. The largest absolute Gasteiger partial charge is 0.506 e. The summed E-state index contributed by atoms with van der Waals surface area (Å²) in [5, 5.41) is 13.9. The van der Waals surface area contributed by atoms with Crippen molar-refractivity contribution in [2.24, 2.45) is 0 Å². The molecule has 2 aromatic rings. The number of pyridine rings is 1. The number of benzene rings is 1. The molecule has 1 aromatic heterocycles. The second-order valence-electron chi connectivity index (χ2n) is 6.86. The Balaban J connectivity index is 1.97. The maximum absolute atomic E-state index is 13.0. The quantitative estimate of drug-likeness (QED) is 0.617. The van der Waals surface area contributed by atoms with Gasteiger partial charge in [0.25, 0.3) is 11.5 Å². The summed E-state index contributed by atoms with van der Waals surface area (Å²) in [6.45, 7) is 7.75. The number of nitrogens with one attached hydrogen (secondary N) is 1. The van der Waals surface area contributed by atoms with Crippen molar-refractivity contribution in [3.05, 3.63) is 40.7 Å². The monoisotopic (exact) mass is 417 g/mol. The lowest BCUT2D eigenvalue weighted by Crippen LogP contribution is -2.42. The van der Waals surface area contributed by atoms with Crippen molar-refractivity contribution < 1.29 is 24.1 Å². The molecule has 162 valence electrons. The normalized spacial score (nSPS) is 14.5. The Bertz CT molecular complexity index is 995. The fraction of sp³-hybridized carbons (Fsp3) is 0.429. The number of carbonyl (C=O) groups is 1. The Labute approximate surface area is 174 Å². The van der Waals surface area contributed by atoms with Crippen LogP contribution in [0.3, 0.4) is 0 Å². The molecule has 0 bridgehead atoms. The number of ether oxygens (including phenoxy) is 3. The number of morpholine rings is 1. The summed E-state index contributed by atoms with van der Waals surface area (Å²) in [5.41, 5.74) is -0.491. The van der Waals surface area contributed by atoms with Crippen LogP contribution in [0.4, 0.5) is 0 Å². The van der Waals surface area contributed by atoms with Gasteiger partial charge in [0.05, 0.1) is 33.0 Å². The standard InChI is InChI=1S/C21H27N3O6/c1-4-6-24-15-13-17(29-3)16(28-2)12-14(15)19(25)18(21(24)27)20(26)22-5-7-23-8-10-30-11-9-23/h4,12-13,25H,1,5-11H2,2-3H3,(H,22,26). The highest BCUT2D eigenvalue weighted by molar-refractivity contribution is 6.03. The van der Waals surface area contributed by atoms with E-state index in [0.717, 1.165) is 13.1 Å². The minimum absolute atomic E-state index is 0.166. The van der Waals surface area contributed by atoms with Crippen LogP contribution in [0.1, 0.15) is 10.4 Å². The summed E-state index contributed by atoms with van der Waals surface area (Å²) in [6.07, 6.45) is 1.55. The van der Waals surface area contributed by atoms with Crippen LogP contribution in [0, 0.1) is 0 Å². The molecular weight excluding hydrogens is 390 g/mol. The molecule has 0 spiro atoms. The second-order valence-corrected chi connectivity index (χ2v) is 6.86. The van der Waals surface area contributed by atoms with Crippen molar-refractivity contribution in [2.45, 2.75) is 6.54 Å². The highest BCUT2D eigenvalue weighted by Crippen LogP contribution is 2.36. The lowest BCUT2D eigenvalue weighted by Gasteiger charge is -2.26. The maximum Gasteiger partial charge on any atom is 0.268 e. The Morgan fingerprint density at radius 3 is 2.57 bits per heavy atom. The van der Waals surface area contributed by atoms with Gasteiger partial charge < -0.3 is 29.2 Å². The smallest absolute Gasteiger partial charge is 0.268 e. The van der Waals surface area contributed by atoms with Crippen molar-refractivity contribution in [2.75, 3.05) is 53.6 Å². The summed E-state index contributed by atoms with van der Waals surface area (Å²) in [5.74, 6) is -0.229. The highest BCUT2D eigenvalue weighted by Gasteiger charge is 2.23. The van der Waals surface area contributed by atoms with Crippen molar-refractivity contribution in [1.82, 2.24) is 14.8 Å². The first kappa shape index (κ1) is 21.7. The van der Waals surface area contributed by atoms with Crippen LogP contribution in [-0.4, -0.2) is 74.1 Å². The molecule has 1 aliphatic heterocycles. The Morgan fingerprint density at radius 2 is 1.93 bits per heavy atom. The predicted molar refractivity (Wildman–Crippen MR) is 113 cm³/mol. The molecule has 30 heavy (non-hydrogen) atoms. The molecule has 0 atom stereocenters. The van der Waals surface area contributed by atoms with Gasteiger partial charge in [-0.3, -0.25) is 14.5 Å². The molecule has 1 fully saturated rings. The van der Waals surface area contributed by atoms with Crippen LogP contribution in [0.25, 0.3) is 10.9 Å². The first-order chi connectivity index (χ1) is 14.5. The van der Waals surface area contributed by atoms with E-state index in [1.54, 1.807) is 18.2 Å². The number of nitrogens with zero attached hydrogens (tertiary/aromatic N) is 2. The number of methoxy groups -OCH3 is 2. The van der Waals surface area contributed by atoms with Crippen LogP contribution < -0.4 is 20.3 Å². The zero-order valence-corrected chi connectivity index (χ0v) is 17.3. The average Bonchev–Trinajstić information content (AvgIpc) is 2.76. The third-order valence-electron chi connectivity index (χ3n) is 5.10. The van der Waals surface area contributed by atoms with Crippen LogP contribution in [0.2, 0.25) is 0 Å². The number of hydrogen-bond donors (Lipinski definition) is 2. The number of fused-ring (bicyclic) bond motifs is 1. The molecule has 2 heterocycles. The molecule has 0 unspecified atom stereocenters. The van der Waals surface area contributed by atoms with Crippen molar-refractivity contribution in [3.63, 3.8) is 0 Å². The fourth-order valence-electron chi connectivity index (χ4n) is 3.52. The molecule has 0 saturated carbocycles. The molecule has 9 nitrogen and oxygen atoms in total. The SMILES string of the molecule is C=CCn1c(=O)c(C(=O)NCCN2CCOCC2)c(O)c2cc(OC)c(OC)cc21. The van der Waals surface area contributed by atoms with Crippen LogP contribution in [0.15, 0.2) is 29.6 Å². The molecule has 1 aliphatic rings. The Morgan fingerprint density at radius 1 is 1.27 bits per heavy atom. The lowest BCUT2D eigenvalue weighted by atomic mass is 10.1. The Hall–Kier alpha value is -3.04. The minimum Gasteiger partial charge on any atom is -0.506 e. The topological polar surface area (TPSA) is 102 Å². The maximum atomic E-state index is 13.0. The van der Waals surface area contributed by atoms with Crippen molar-refractivity contribution in [1.29, 1.82) is 0 Å². The van der Waals surface area contributed by atoms with Gasteiger partial charge in [-0.2, -0.15) is 0 Å². The molecule has 2 N–H and O–H groups in total. The predicted octanol–water partition coefficient (Wildman–Crippen LogP) is 0.972. The van der Waals surface area contributed by atoms with E-state index in [9.17, 15) is 14.7 Å². The third-order valence-corrected chi connectivity index (χ3v) is 5.10. The van der Waals surface area contributed by atoms with Gasteiger partial charge in [0.15, 0.2) is 11.5 Å². The van der Waals surface area contributed by atoms with Gasteiger partial charge in [0, 0.05) is 44.2 Å². The van der Waals surface area contributed by atoms with Gasteiger partial charge in [-0.05, 0) is 6.07 Å². The van der Waals surface area contributed by atoms with Crippen LogP contribution >= 0.6 is 0 Å². The van der Waals surface area contributed by atoms with Crippen molar-refractivity contribution in [3.8, 4) is 17.2 Å². The molecule has 0 radical (unpaired) electrons. The van der Waals surface area contributed by atoms with E-state index in [-0.39, 0.29) is 17.9 Å². The minimum atomic E-state index is -0.625. The van der Waals surface area contributed by atoms with Crippen LogP contribution in [0.5, 0.6) is 17.2 Å².